The average Bonchev–Trinajstić information content (AvgIpc) is 3.75. The molecule has 6 aromatic rings. The highest BCUT2D eigenvalue weighted by Gasteiger charge is 2.24. The number of hydrogen-bond donors (Lipinski definition) is 2. The summed E-state index contributed by atoms with van der Waals surface area (Å²) in [5.41, 5.74) is 9.95. The lowest BCUT2D eigenvalue weighted by molar-refractivity contribution is 0.0510. The van der Waals surface area contributed by atoms with Crippen molar-refractivity contribution >= 4 is 35.7 Å². The lowest BCUT2D eigenvalue weighted by Gasteiger charge is -2.26. The SMILES string of the molecule is CCOC(=O)c1[nH]c(C=Nc2ccc(Oc3ccc(C(C)(C)c4ccc(Oc5ccc(N=Cc6[nH]c(C(=O)OCC)c(C)c6CC)cc5)cc4)cc3)cc2)c(CC)c1C. The predicted molar refractivity (Wildman–Crippen MR) is 234 cm³/mol. The van der Waals surface area contributed by atoms with Gasteiger partial charge in [0, 0.05) is 5.41 Å². The highest BCUT2D eigenvalue weighted by atomic mass is 16.5. The summed E-state index contributed by atoms with van der Waals surface area (Å²) in [7, 11) is 0. The van der Waals surface area contributed by atoms with Gasteiger partial charge in [0.05, 0.1) is 48.4 Å². The van der Waals surface area contributed by atoms with Crippen LogP contribution in [0.2, 0.25) is 0 Å². The monoisotopic (exact) mass is 792 g/mol. The van der Waals surface area contributed by atoms with E-state index < -0.39 is 0 Å². The van der Waals surface area contributed by atoms with Gasteiger partial charge in [0.1, 0.15) is 34.4 Å². The summed E-state index contributed by atoms with van der Waals surface area (Å²) in [5, 5.41) is 0. The number of H-pyrrole nitrogens is 2. The van der Waals surface area contributed by atoms with Crippen LogP contribution in [0.5, 0.6) is 23.0 Å². The Hall–Kier alpha value is -6.68. The van der Waals surface area contributed by atoms with Crippen molar-refractivity contribution in [3.63, 3.8) is 0 Å². The van der Waals surface area contributed by atoms with E-state index in [0.717, 1.165) is 80.5 Å². The Bertz CT molecular complexity index is 2270. The van der Waals surface area contributed by atoms with Gasteiger partial charge in [0.25, 0.3) is 0 Å². The van der Waals surface area contributed by atoms with Crippen LogP contribution in [0.15, 0.2) is 107 Å². The fourth-order valence-electron chi connectivity index (χ4n) is 7.06. The lowest BCUT2D eigenvalue weighted by atomic mass is 9.78. The lowest BCUT2D eigenvalue weighted by Crippen LogP contribution is -2.18. The Labute approximate surface area is 346 Å². The molecule has 2 N–H and O–H groups in total. The molecule has 0 radical (unpaired) electrons. The van der Waals surface area contributed by atoms with Crippen molar-refractivity contribution in [2.24, 2.45) is 9.98 Å². The van der Waals surface area contributed by atoms with E-state index in [4.69, 9.17) is 18.9 Å². The van der Waals surface area contributed by atoms with Gasteiger partial charge in [0.2, 0.25) is 0 Å². The number of carbonyl (C=O) groups is 2. The average molecular weight is 793 g/mol. The topological polar surface area (TPSA) is 127 Å². The van der Waals surface area contributed by atoms with Crippen LogP contribution in [0.4, 0.5) is 11.4 Å². The fraction of sp³-hybridized carbons (Fsp3) is 0.265. The van der Waals surface area contributed by atoms with Crippen molar-refractivity contribution in [1.29, 1.82) is 0 Å². The number of ether oxygens (including phenoxy) is 4. The van der Waals surface area contributed by atoms with E-state index in [1.807, 2.05) is 86.6 Å². The summed E-state index contributed by atoms with van der Waals surface area (Å²) in [5.74, 6) is 2.15. The van der Waals surface area contributed by atoms with Gasteiger partial charge in [-0.25, -0.2) is 9.59 Å². The second-order valence-corrected chi connectivity index (χ2v) is 14.6. The minimum Gasteiger partial charge on any atom is -0.461 e. The first-order valence-electron chi connectivity index (χ1n) is 20.1. The van der Waals surface area contributed by atoms with Gasteiger partial charge < -0.3 is 28.9 Å². The summed E-state index contributed by atoms with van der Waals surface area (Å²) in [6.45, 7) is 16.6. The smallest absolute Gasteiger partial charge is 0.355 e. The number of aromatic nitrogens is 2. The number of aliphatic imine (C=N–C) groups is 2. The Morgan fingerprint density at radius 2 is 0.864 bits per heavy atom. The molecule has 0 aliphatic carbocycles. The van der Waals surface area contributed by atoms with E-state index in [2.05, 4.69) is 71.9 Å². The number of nitrogens with zero attached hydrogens (tertiary/aromatic N) is 2. The van der Waals surface area contributed by atoms with Crippen LogP contribution in [-0.4, -0.2) is 47.5 Å². The van der Waals surface area contributed by atoms with Crippen LogP contribution < -0.4 is 9.47 Å². The van der Waals surface area contributed by atoms with Crippen molar-refractivity contribution in [2.45, 2.75) is 73.6 Å². The second kappa shape index (κ2) is 18.7. The first-order valence-corrected chi connectivity index (χ1v) is 20.1. The summed E-state index contributed by atoms with van der Waals surface area (Å²) in [6, 6.07) is 31.4. The van der Waals surface area contributed by atoms with Gasteiger partial charge in [-0.2, -0.15) is 0 Å². The molecule has 0 amide bonds. The molecule has 0 bridgehead atoms. The van der Waals surface area contributed by atoms with Crippen LogP contribution in [-0.2, 0) is 27.7 Å². The summed E-state index contributed by atoms with van der Waals surface area (Å²) in [4.78, 5) is 40.4. The van der Waals surface area contributed by atoms with Crippen molar-refractivity contribution in [3.8, 4) is 23.0 Å². The number of aromatic amines is 2. The Morgan fingerprint density at radius 3 is 1.17 bits per heavy atom. The second-order valence-electron chi connectivity index (χ2n) is 14.6. The molecule has 0 unspecified atom stereocenters. The molecule has 0 aliphatic heterocycles. The van der Waals surface area contributed by atoms with Crippen molar-refractivity contribution in [2.75, 3.05) is 13.2 Å². The molecule has 10 heteroatoms. The summed E-state index contributed by atoms with van der Waals surface area (Å²) >= 11 is 0. The molecule has 304 valence electrons. The molecule has 2 heterocycles. The van der Waals surface area contributed by atoms with E-state index in [-0.39, 0.29) is 17.4 Å². The maximum Gasteiger partial charge on any atom is 0.355 e. The fourth-order valence-corrected chi connectivity index (χ4v) is 7.06. The zero-order valence-corrected chi connectivity index (χ0v) is 35.1. The summed E-state index contributed by atoms with van der Waals surface area (Å²) < 4.78 is 22.7. The Morgan fingerprint density at radius 1 is 0.542 bits per heavy atom. The van der Waals surface area contributed by atoms with E-state index >= 15 is 0 Å². The maximum absolute atomic E-state index is 12.4. The molecule has 0 saturated carbocycles. The molecule has 6 rings (SSSR count). The summed E-state index contributed by atoms with van der Waals surface area (Å²) in [6.07, 6.45) is 5.04. The molecule has 0 saturated heterocycles. The van der Waals surface area contributed by atoms with E-state index in [0.29, 0.717) is 36.1 Å². The maximum atomic E-state index is 12.4. The zero-order chi connectivity index (χ0) is 42.1. The molecule has 0 fully saturated rings. The standard InChI is InChI=1S/C49H52N4O6/c1-9-41-31(5)45(47(54)56-11-3)52-43(41)29-50-35-17-25-39(26-18-35)58-37-21-13-33(14-22-37)49(7,8)34-15-23-38(24-16-34)59-40-27-19-36(20-28-40)51-30-44-42(10-2)32(6)46(53-44)48(55)57-12-4/h13-30,52-53H,9-12H2,1-8H3. The predicted octanol–water partition coefficient (Wildman–Crippen LogP) is 11.8. The number of nitrogens with one attached hydrogen (secondary N) is 2. The minimum atomic E-state index is -0.357. The first kappa shape index (κ1) is 41.9. The minimum absolute atomic E-state index is 0.269. The molecule has 2 aromatic heterocycles. The molecule has 4 aromatic carbocycles. The zero-order valence-electron chi connectivity index (χ0n) is 35.1. The highest BCUT2D eigenvalue weighted by molar-refractivity contribution is 5.94. The van der Waals surface area contributed by atoms with Crippen molar-refractivity contribution in [3.05, 3.63) is 153 Å². The van der Waals surface area contributed by atoms with E-state index in [1.165, 1.54) is 0 Å². The molecule has 0 spiro atoms. The van der Waals surface area contributed by atoms with Crippen LogP contribution in [0, 0.1) is 13.8 Å². The van der Waals surface area contributed by atoms with Gasteiger partial charge >= 0.3 is 11.9 Å². The third-order valence-electron chi connectivity index (χ3n) is 10.5. The van der Waals surface area contributed by atoms with Gasteiger partial charge in [-0.1, -0.05) is 52.0 Å². The first-order chi connectivity index (χ1) is 28.4. The molecule has 59 heavy (non-hydrogen) atoms. The van der Waals surface area contributed by atoms with Gasteiger partial charge in [-0.05, 0) is 147 Å². The largest absolute Gasteiger partial charge is 0.461 e. The molecular formula is C49H52N4O6. The van der Waals surface area contributed by atoms with Crippen LogP contribution in [0.1, 0.15) is 107 Å². The van der Waals surface area contributed by atoms with Crippen LogP contribution >= 0.6 is 0 Å². The molecule has 0 aliphatic rings. The van der Waals surface area contributed by atoms with Crippen molar-refractivity contribution < 1.29 is 28.5 Å². The molecule has 0 atom stereocenters. The van der Waals surface area contributed by atoms with Gasteiger partial charge in [-0.3, -0.25) is 9.98 Å². The van der Waals surface area contributed by atoms with E-state index in [1.54, 1.807) is 26.3 Å². The normalized spacial score (nSPS) is 11.7. The third-order valence-corrected chi connectivity index (χ3v) is 10.5. The molecular weight excluding hydrogens is 741 g/mol. The number of hydrogen-bond acceptors (Lipinski definition) is 8. The van der Waals surface area contributed by atoms with Crippen LogP contribution in [0.3, 0.4) is 0 Å². The quantitative estimate of drug-likeness (QED) is 0.0742. The highest BCUT2D eigenvalue weighted by Crippen LogP contribution is 2.35. The van der Waals surface area contributed by atoms with Gasteiger partial charge in [-0.15, -0.1) is 0 Å². The van der Waals surface area contributed by atoms with Gasteiger partial charge in [0.15, 0.2) is 0 Å². The number of carbonyl (C=O) groups excluding carboxylic acids is 2. The van der Waals surface area contributed by atoms with Crippen molar-refractivity contribution in [1.82, 2.24) is 9.97 Å². The van der Waals surface area contributed by atoms with Crippen LogP contribution in [0.25, 0.3) is 0 Å². The number of rotatable bonds is 16. The number of esters is 2. The molecule has 10 nitrogen and oxygen atoms in total. The Balaban J connectivity index is 1.04. The van der Waals surface area contributed by atoms with E-state index in [9.17, 15) is 9.59 Å². The third kappa shape index (κ3) is 9.72. The Kier molecular flexibility index (Phi) is 13.3. The number of benzene rings is 4.